The Morgan fingerprint density at radius 1 is 1.15 bits per heavy atom. The van der Waals surface area contributed by atoms with Crippen molar-refractivity contribution in [1.29, 1.82) is 0 Å². The molecule has 1 N–H and O–H groups in total. The van der Waals surface area contributed by atoms with Crippen LogP contribution in [0.1, 0.15) is 75.4 Å². The SMILES string of the molecule is Cc1noc([C@H]2CCN(C(=O)CC3CCCCC3)C[C@H]2NC(=O)C2CC2)n1. The minimum atomic E-state index is -0.151. The molecule has 2 heterocycles. The first-order valence-electron chi connectivity index (χ1n) is 10.5. The second-order valence-electron chi connectivity index (χ2n) is 8.51. The van der Waals surface area contributed by atoms with Crippen LogP contribution in [-0.4, -0.2) is 46.0 Å². The van der Waals surface area contributed by atoms with Crippen LogP contribution >= 0.6 is 0 Å². The Bertz CT molecular complexity index is 679. The average molecular weight is 374 g/mol. The molecule has 7 heteroatoms. The summed E-state index contributed by atoms with van der Waals surface area (Å²) in [6.07, 6.45) is 9.46. The lowest BCUT2D eigenvalue weighted by Crippen LogP contribution is -2.53. The molecule has 3 aliphatic rings. The molecule has 3 fully saturated rings. The van der Waals surface area contributed by atoms with Crippen molar-refractivity contribution < 1.29 is 14.1 Å². The molecule has 0 spiro atoms. The van der Waals surface area contributed by atoms with Crippen LogP contribution in [0.5, 0.6) is 0 Å². The van der Waals surface area contributed by atoms with Crippen LogP contribution in [-0.2, 0) is 9.59 Å². The Balaban J connectivity index is 1.42. The van der Waals surface area contributed by atoms with Gasteiger partial charge in [0.1, 0.15) is 0 Å². The Hall–Kier alpha value is -1.92. The van der Waals surface area contributed by atoms with Crippen molar-refractivity contribution in [3.8, 4) is 0 Å². The Labute approximate surface area is 160 Å². The average Bonchev–Trinajstić information content (AvgIpc) is 3.44. The zero-order valence-electron chi connectivity index (χ0n) is 16.2. The van der Waals surface area contributed by atoms with E-state index in [-0.39, 0.29) is 29.7 Å². The highest BCUT2D eigenvalue weighted by Gasteiger charge is 2.39. The molecule has 2 aliphatic carbocycles. The second-order valence-corrected chi connectivity index (χ2v) is 8.51. The zero-order valence-corrected chi connectivity index (χ0v) is 16.2. The summed E-state index contributed by atoms with van der Waals surface area (Å²) in [4.78, 5) is 31.5. The van der Waals surface area contributed by atoms with Gasteiger partial charge in [-0.2, -0.15) is 4.98 Å². The molecule has 27 heavy (non-hydrogen) atoms. The van der Waals surface area contributed by atoms with E-state index in [4.69, 9.17) is 4.52 Å². The molecule has 2 atom stereocenters. The summed E-state index contributed by atoms with van der Waals surface area (Å²) in [6.45, 7) is 3.02. The fourth-order valence-electron chi connectivity index (χ4n) is 4.50. The lowest BCUT2D eigenvalue weighted by atomic mass is 9.86. The minimum absolute atomic E-state index is 0.0207. The molecule has 7 nitrogen and oxygen atoms in total. The van der Waals surface area contributed by atoms with E-state index >= 15 is 0 Å². The lowest BCUT2D eigenvalue weighted by molar-refractivity contribution is -0.135. The highest BCUT2D eigenvalue weighted by Crippen LogP contribution is 2.33. The van der Waals surface area contributed by atoms with E-state index < -0.39 is 0 Å². The van der Waals surface area contributed by atoms with Crippen molar-refractivity contribution in [2.24, 2.45) is 11.8 Å². The van der Waals surface area contributed by atoms with E-state index in [1.165, 1.54) is 32.1 Å². The first kappa shape index (κ1) is 18.4. The first-order valence-corrected chi connectivity index (χ1v) is 10.5. The Morgan fingerprint density at radius 2 is 1.93 bits per heavy atom. The van der Waals surface area contributed by atoms with Gasteiger partial charge in [0, 0.05) is 25.4 Å². The van der Waals surface area contributed by atoms with Crippen molar-refractivity contribution in [3.05, 3.63) is 11.7 Å². The van der Waals surface area contributed by atoms with Gasteiger partial charge < -0.3 is 14.7 Å². The largest absolute Gasteiger partial charge is 0.351 e. The molecular formula is C20H30N4O3. The van der Waals surface area contributed by atoms with E-state index in [0.29, 0.717) is 37.1 Å². The first-order chi connectivity index (χ1) is 13.1. The molecule has 1 aromatic rings. The van der Waals surface area contributed by atoms with E-state index in [1.54, 1.807) is 6.92 Å². The van der Waals surface area contributed by atoms with E-state index in [1.807, 2.05) is 4.90 Å². The van der Waals surface area contributed by atoms with Crippen LogP contribution in [0.15, 0.2) is 4.52 Å². The van der Waals surface area contributed by atoms with Crippen LogP contribution in [0.25, 0.3) is 0 Å². The number of aromatic nitrogens is 2. The van der Waals surface area contributed by atoms with Crippen LogP contribution < -0.4 is 5.32 Å². The minimum Gasteiger partial charge on any atom is -0.351 e. The topological polar surface area (TPSA) is 88.3 Å². The number of hydrogen-bond acceptors (Lipinski definition) is 5. The van der Waals surface area contributed by atoms with Gasteiger partial charge in [0.15, 0.2) is 5.82 Å². The van der Waals surface area contributed by atoms with Crippen molar-refractivity contribution in [2.45, 2.75) is 76.7 Å². The van der Waals surface area contributed by atoms with Crippen LogP contribution in [0.3, 0.4) is 0 Å². The highest BCUT2D eigenvalue weighted by atomic mass is 16.5. The maximum absolute atomic E-state index is 12.9. The monoisotopic (exact) mass is 374 g/mol. The van der Waals surface area contributed by atoms with Gasteiger partial charge in [0.25, 0.3) is 0 Å². The smallest absolute Gasteiger partial charge is 0.231 e. The quantitative estimate of drug-likeness (QED) is 0.856. The third-order valence-electron chi connectivity index (χ3n) is 6.29. The fourth-order valence-corrected chi connectivity index (χ4v) is 4.50. The summed E-state index contributed by atoms with van der Waals surface area (Å²) in [5.41, 5.74) is 0. The molecule has 1 aliphatic heterocycles. The zero-order chi connectivity index (χ0) is 18.8. The third kappa shape index (κ3) is 4.50. The van der Waals surface area contributed by atoms with E-state index in [9.17, 15) is 9.59 Å². The number of nitrogens with one attached hydrogen (secondary N) is 1. The van der Waals surface area contributed by atoms with Crippen molar-refractivity contribution in [2.75, 3.05) is 13.1 Å². The Kier molecular flexibility index (Phi) is 5.45. The molecule has 0 bridgehead atoms. The maximum atomic E-state index is 12.9. The Morgan fingerprint density at radius 3 is 2.59 bits per heavy atom. The normalized spacial score (nSPS) is 26.8. The number of aryl methyl sites for hydroxylation is 1. The van der Waals surface area contributed by atoms with Gasteiger partial charge in [-0.15, -0.1) is 0 Å². The van der Waals surface area contributed by atoms with Crippen molar-refractivity contribution >= 4 is 11.8 Å². The molecule has 2 amide bonds. The molecule has 1 aromatic heterocycles. The van der Waals surface area contributed by atoms with Crippen molar-refractivity contribution in [1.82, 2.24) is 20.4 Å². The number of rotatable bonds is 5. The fraction of sp³-hybridized carbons (Fsp3) is 0.800. The van der Waals surface area contributed by atoms with Gasteiger partial charge in [-0.05, 0) is 44.9 Å². The lowest BCUT2D eigenvalue weighted by Gasteiger charge is -2.38. The third-order valence-corrected chi connectivity index (χ3v) is 6.29. The molecule has 1 saturated heterocycles. The summed E-state index contributed by atoms with van der Waals surface area (Å²) in [6, 6.07) is -0.151. The number of amides is 2. The second kappa shape index (κ2) is 7.98. The van der Waals surface area contributed by atoms with Crippen LogP contribution in [0.2, 0.25) is 0 Å². The summed E-state index contributed by atoms with van der Waals surface area (Å²) < 4.78 is 5.39. The predicted octanol–water partition coefficient (Wildman–Crippen LogP) is 2.56. The highest BCUT2D eigenvalue weighted by molar-refractivity contribution is 5.81. The summed E-state index contributed by atoms with van der Waals surface area (Å²) in [5, 5.41) is 7.07. The molecule has 0 radical (unpaired) electrons. The van der Waals surface area contributed by atoms with Crippen LogP contribution in [0.4, 0.5) is 0 Å². The van der Waals surface area contributed by atoms with Gasteiger partial charge in [-0.3, -0.25) is 9.59 Å². The van der Waals surface area contributed by atoms with Gasteiger partial charge >= 0.3 is 0 Å². The van der Waals surface area contributed by atoms with Gasteiger partial charge in [0.05, 0.1) is 12.0 Å². The summed E-state index contributed by atoms with van der Waals surface area (Å²) >= 11 is 0. The number of carbonyl (C=O) groups excluding carboxylic acids is 2. The number of nitrogens with zero attached hydrogens (tertiary/aromatic N) is 3. The van der Waals surface area contributed by atoms with E-state index in [0.717, 1.165) is 19.3 Å². The molecule has 2 saturated carbocycles. The van der Waals surface area contributed by atoms with Gasteiger partial charge in [-0.1, -0.05) is 24.4 Å². The van der Waals surface area contributed by atoms with Gasteiger partial charge in [-0.25, -0.2) is 0 Å². The number of likely N-dealkylation sites (tertiary alicyclic amines) is 1. The molecule has 148 valence electrons. The molecule has 4 rings (SSSR count). The number of carbonyl (C=O) groups is 2. The summed E-state index contributed by atoms with van der Waals surface area (Å²) in [7, 11) is 0. The maximum Gasteiger partial charge on any atom is 0.231 e. The van der Waals surface area contributed by atoms with Crippen molar-refractivity contribution in [3.63, 3.8) is 0 Å². The molecular weight excluding hydrogens is 344 g/mol. The number of piperidine rings is 1. The van der Waals surface area contributed by atoms with E-state index in [2.05, 4.69) is 15.5 Å². The number of hydrogen-bond donors (Lipinski definition) is 1. The summed E-state index contributed by atoms with van der Waals surface area (Å²) in [5.74, 6) is 2.16. The standard InChI is InChI=1S/C20H30N4O3/c1-13-21-20(27-23-13)16-9-10-24(12-17(16)22-19(26)15-7-8-15)18(25)11-14-5-3-2-4-6-14/h14-17H,2-12H2,1H3,(H,22,26)/t16-,17+/m0/s1. The predicted molar refractivity (Wildman–Crippen MR) is 98.8 cm³/mol. The van der Waals surface area contributed by atoms with Crippen LogP contribution in [0, 0.1) is 18.8 Å². The molecule has 0 aromatic carbocycles. The van der Waals surface area contributed by atoms with Gasteiger partial charge in [0.2, 0.25) is 17.7 Å². The molecule has 0 unspecified atom stereocenters.